The second-order valence-electron chi connectivity index (χ2n) is 5.34. The van der Waals surface area contributed by atoms with Gasteiger partial charge in [-0.1, -0.05) is 12.5 Å². The molecule has 0 radical (unpaired) electrons. The second kappa shape index (κ2) is 5.61. The zero-order valence-corrected chi connectivity index (χ0v) is 10.9. The van der Waals surface area contributed by atoms with Crippen LogP contribution in [0.15, 0.2) is 24.3 Å². The molecular weight excluding hydrogens is 224 g/mol. The van der Waals surface area contributed by atoms with Crippen LogP contribution in [0, 0.1) is 5.92 Å². The number of hydrogen-bond acceptors (Lipinski definition) is 3. The van der Waals surface area contributed by atoms with Crippen LogP contribution in [0.4, 0.5) is 5.69 Å². The van der Waals surface area contributed by atoms with Crippen LogP contribution >= 0.6 is 0 Å². The second-order valence-corrected chi connectivity index (χ2v) is 5.34. The summed E-state index contributed by atoms with van der Waals surface area (Å²) in [6.07, 6.45) is 4.07. The largest absolute Gasteiger partial charge is 0.493 e. The normalized spacial score (nSPS) is 20.6. The molecule has 2 fully saturated rings. The Morgan fingerprint density at radius 3 is 2.78 bits per heavy atom. The molecular formula is C15H22N2O. The first-order valence-electron chi connectivity index (χ1n) is 7.10. The average molecular weight is 246 g/mol. The molecule has 0 bridgehead atoms. The van der Waals surface area contributed by atoms with E-state index in [9.17, 15) is 0 Å². The Morgan fingerprint density at radius 1 is 1.22 bits per heavy atom. The number of nitrogens with zero attached hydrogens (tertiary/aromatic N) is 1. The molecule has 0 unspecified atom stereocenters. The third-order valence-corrected chi connectivity index (χ3v) is 4.01. The zero-order chi connectivity index (χ0) is 12.2. The van der Waals surface area contributed by atoms with E-state index >= 15 is 0 Å². The number of benzene rings is 1. The van der Waals surface area contributed by atoms with Gasteiger partial charge in [-0.05, 0) is 30.9 Å². The Labute approximate surface area is 109 Å². The molecule has 18 heavy (non-hydrogen) atoms. The lowest BCUT2D eigenvalue weighted by Crippen LogP contribution is -2.43. The van der Waals surface area contributed by atoms with Gasteiger partial charge in [-0.15, -0.1) is 0 Å². The van der Waals surface area contributed by atoms with E-state index in [0.717, 1.165) is 44.5 Å². The van der Waals surface area contributed by atoms with Crippen LogP contribution in [0.25, 0.3) is 0 Å². The van der Waals surface area contributed by atoms with E-state index < -0.39 is 0 Å². The van der Waals surface area contributed by atoms with Crippen molar-refractivity contribution in [3.63, 3.8) is 0 Å². The van der Waals surface area contributed by atoms with Crippen LogP contribution < -0.4 is 15.0 Å². The number of nitrogens with one attached hydrogen (secondary N) is 1. The van der Waals surface area contributed by atoms with Crippen LogP contribution in [0.5, 0.6) is 5.75 Å². The van der Waals surface area contributed by atoms with Crippen LogP contribution in [0.2, 0.25) is 0 Å². The van der Waals surface area contributed by atoms with Crippen LogP contribution in [-0.4, -0.2) is 32.8 Å². The Kier molecular flexibility index (Phi) is 3.69. The highest BCUT2D eigenvalue weighted by atomic mass is 16.5. The molecule has 1 saturated carbocycles. The number of hydrogen-bond donors (Lipinski definition) is 1. The van der Waals surface area contributed by atoms with Crippen molar-refractivity contribution in [1.29, 1.82) is 0 Å². The smallest absolute Gasteiger partial charge is 0.121 e. The fourth-order valence-corrected chi connectivity index (χ4v) is 2.57. The molecule has 1 aliphatic heterocycles. The Balaban J connectivity index is 1.60. The molecule has 3 rings (SSSR count). The van der Waals surface area contributed by atoms with Gasteiger partial charge in [0.05, 0.1) is 6.61 Å². The molecule has 1 heterocycles. The molecule has 3 heteroatoms. The van der Waals surface area contributed by atoms with Crippen molar-refractivity contribution in [3.05, 3.63) is 24.3 Å². The summed E-state index contributed by atoms with van der Waals surface area (Å²) in [5.74, 6) is 1.82. The van der Waals surface area contributed by atoms with Gasteiger partial charge in [0.15, 0.2) is 0 Å². The lowest BCUT2D eigenvalue weighted by molar-refractivity contribution is 0.180. The molecule has 0 aromatic heterocycles. The van der Waals surface area contributed by atoms with Crippen LogP contribution in [0.3, 0.4) is 0 Å². The molecule has 1 aliphatic carbocycles. The standard InChI is InChI=1S/C15H22N2O/c1-3-13(4-1)12-18-15-6-2-5-14(11-15)17-9-7-16-8-10-17/h2,5-6,11,13,16H,1,3-4,7-10,12H2. The quantitative estimate of drug-likeness (QED) is 0.882. The van der Waals surface area contributed by atoms with Crippen molar-refractivity contribution in [1.82, 2.24) is 5.32 Å². The highest BCUT2D eigenvalue weighted by Crippen LogP contribution is 2.28. The van der Waals surface area contributed by atoms with Gasteiger partial charge < -0.3 is 15.0 Å². The first-order valence-corrected chi connectivity index (χ1v) is 7.10. The van der Waals surface area contributed by atoms with Crippen molar-refractivity contribution in [2.45, 2.75) is 19.3 Å². The van der Waals surface area contributed by atoms with Crippen LogP contribution in [0.1, 0.15) is 19.3 Å². The molecule has 98 valence electrons. The van der Waals surface area contributed by atoms with Gasteiger partial charge >= 0.3 is 0 Å². The minimum atomic E-state index is 0.799. The van der Waals surface area contributed by atoms with Gasteiger partial charge in [0.2, 0.25) is 0 Å². The molecule has 1 saturated heterocycles. The molecule has 0 spiro atoms. The Morgan fingerprint density at radius 2 is 2.06 bits per heavy atom. The number of ether oxygens (including phenoxy) is 1. The first kappa shape index (κ1) is 11.8. The number of anilines is 1. The third-order valence-electron chi connectivity index (χ3n) is 4.01. The average Bonchev–Trinajstić information content (AvgIpc) is 2.38. The molecule has 1 aromatic carbocycles. The maximum absolute atomic E-state index is 5.90. The van der Waals surface area contributed by atoms with Gasteiger partial charge in [-0.2, -0.15) is 0 Å². The van der Waals surface area contributed by atoms with Gasteiger partial charge in [0.25, 0.3) is 0 Å². The fraction of sp³-hybridized carbons (Fsp3) is 0.600. The van der Waals surface area contributed by atoms with E-state index in [1.54, 1.807) is 0 Å². The highest BCUT2D eigenvalue weighted by Gasteiger charge is 2.18. The summed E-state index contributed by atoms with van der Waals surface area (Å²) in [7, 11) is 0. The monoisotopic (exact) mass is 246 g/mol. The summed E-state index contributed by atoms with van der Waals surface area (Å²) < 4.78 is 5.90. The van der Waals surface area contributed by atoms with E-state index in [-0.39, 0.29) is 0 Å². The van der Waals surface area contributed by atoms with Crippen molar-refractivity contribution in [2.75, 3.05) is 37.7 Å². The van der Waals surface area contributed by atoms with Crippen LogP contribution in [-0.2, 0) is 0 Å². The van der Waals surface area contributed by atoms with Gasteiger partial charge in [-0.25, -0.2) is 0 Å². The summed E-state index contributed by atoms with van der Waals surface area (Å²) in [5, 5.41) is 3.38. The molecule has 0 atom stereocenters. The minimum Gasteiger partial charge on any atom is -0.493 e. The molecule has 2 aliphatic rings. The maximum Gasteiger partial charge on any atom is 0.121 e. The van der Waals surface area contributed by atoms with Crippen molar-refractivity contribution >= 4 is 5.69 Å². The SMILES string of the molecule is c1cc(OCC2CCC2)cc(N2CCNCC2)c1. The topological polar surface area (TPSA) is 24.5 Å². The van der Waals surface area contributed by atoms with Gasteiger partial charge in [-0.3, -0.25) is 0 Å². The van der Waals surface area contributed by atoms with Crippen molar-refractivity contribution < 1.29 is 4.74 Å². The summed E-state index contributed by atoms with van der Waals surface area (Å²) in [4.78, 5) is 2.42. The Hall–Kier alpha value is -1.22. The number of piperazine rings is 1. The van der Waals surface area contributed by atoms with Crippen molar-refractivity contribution in [2.24, 2.45) is 5.92 Å². The summed E-state index contributed by atoms with van der Waals surface area (Å²) in [5.41, 5.74) is 1.29. The lowest BCUT2D eigenvalue weighted by atomic mass is 9.86. The van der Waals surface area contributed by atoms with E-state index in [2.05, 4.69) is 34.5 Å². The van der Waals surface area contributed by atoms with E-state index in [0.29, 0.717) is 0 Å². The minimum absolute atomic E-state index is 0.799. The van der Waals surface area contributed by atoms with Gasteiger partial charge in [0.1, 0.15) is 5.75 Å². The molecule has 1 aromatic rings. The predicted octanol–water partition coefficient (Wildman–Crippen LogP) is 2.28. The third kappa shape index (κ3) is 2.78. The fourth-order valence-electron chi connectivity index (χ4n) is 2.57. The molecule has 1 N–H and O–H groups in total. The molecule has 0 amide bonds. The zero-order valence-electron chi connectivity index (χ0n) is 10.9. The molecule has 3 nitrogen and oxygen atoms in total. The van der Waals surface area contributed by atoms with Gasteiger partial charge in [0, 0.05) is 37.9 Å². The lowest BCUT2D eigenvalue weighted by Gasteiger charge is -2.30. The predicted molar refractivity (Wildman–Crippen MR) is 74.4 cm³/mol. The van der Waals surface area contributed by atoms with E-state index in [1.165, 1.54) is 24.9 Å². The van der Waals surface area contributed by atoms with E-state index in [4.69, 9.17) is 4.74 Å². The number of rotatable bonds is 4. The Bertz CT molecular complexity index is 384. The highest BCUT2D eigenvalue weighted by molar-refractivity contribution is 5.51. The maximum atomic E-state index is 5.90. The van der Waals surface area contributed by atoms with E-state index in [1.807, 2.05) is 0 Å². The van der Waals surface area contributed by atoms with Crippen molar-refractivity contribution in [3.8, 4) is 5.75 Å². The summed E-state index contributed by atoms with van der Waals surface area (Å²) >= 11 is 0. The summed E-state index contributed by atoms with van der Waals surface area (Å²) in [6, 6.07) is 8.54. The first-order chi connectivity index (χ1) is 8.92. The summed E-state index contributed by atoms with van der Waals surface area (Å²) in [6.45, 7) is 5.23.